The molecule has 0 radical (unpaired) electrons. The minimum Gasteiger partial charge on any atom is -0.507 e. The topological polar surface area (TPSA) is 182 Å². The maximum absolute atomic E-state index is 12.8. The standard InChI is InChI=1S/C31H46NO5PSi.C24H30NO7P/c1-23(20-32(16-18-38(4,5)34)21-25-12-10-9-11-13-25)14-15-26-29(35-3)24(2)27-22-37-31(33)28(27)30(26)36-17-19-39(6,7)8;1-16(13-25(11-12-33(28,29)30)14-18-7-5-4-6-8-18)9-10-19-22(26)21-20(15-32-24(21)27)17(2)23(19)31-3/h9-14H,15-22H2,1-8H3;4-9,26H,10-15H2,1-3H3,(H2,28,29,30)/b23-14+;16-9+. The lowest BCUT2D eigenvalue weighted by Gasteiger charge is -2.24. The van der Waals surface area contributed by atoms with Crippen LogP contribution in [-0.2, 0) is 57.7 Å². The molecule has 392 valence electrons. The van der Waals surface area contributed by atoms with Gasteiger partial charge in [0.15, 0.2) is 0 Å². The van der Waals surface area contributed by atoms with E-state index in [0.29, 0.717) is 66.9 Å². The fourth-order valence-corrected chi connectivity index (χ4v) is 10.8. The van der Waals surface area contributed by atoms with Gasteiger partial charge < -0.3 is 43.1 Å². The number of carbonyl (C=O) groups is 2. The summed E-state index contributed by atoms with van der Waals surface area (Å²) in [7, 11) is -4.37. The van der Waals surface area contributed by atoms with Gasteiger partial charge in [-0.25, -0.2) is 9.59 Å². The quantitative estimate of drug-likeness (QED) is 0.0261. The first-order valence-electron chi connectivity index (χ1n) is 24.4. The zero-order valence-electron chi connectivity index (χ0n) is 44.1. The smallest absolute Gasteiger partial charge is 0.342 e. The highest BCUT2D eigenvalue weighted by Crippen LogP contribution is 2.44. The summed E-state index contributed by atoms with van der Waals surface area (Å²) < 4.78 is 52.2. The molecular weight excluding hydrogens is 971 g/mol. The molecule has 0 unspecified atom stereocenters. The Hall–Kier alpha value is -4.98. The van der Waals surface area contributed by atoms with Gasteiger partial charge in [-0.15, -0.1) is 0 Å². The summed E-state index contributed by atoms with van der Waals surface area (Å²) in [6.45, 7) is 23.1. The number of fused-ring (bicyclic) bond motifs is 2. The van der Waals surface area contributed by atoms with E-state index in [-0.39, 0.29) is 43.2 Å². The van der Waals surface area contributed by atoms with E-state index >= 15 is 0 Å². The number of cyclic esters (lactones) is 2. The van der Waals surface area contributed by atoms with Gasteiger partial charge in [0.1, 0.15) is 47.3 Å². The Morgan fingerprint density at radius 1 is 0.694 bits per heavy atom. The monoisotopic (exact) mass is 1050 g/mol. The molecule has 0 fully saturated rings. The van der Waals surface area contributed by atoms with Gasteiger partial charge >= 0.3 is 19.5 Å². The van der Waals surface area contributed by atoms with Crippen molar-refractivity contribution in [1.29, 1.82) is 0 Å². The first-order chi connectivity index (χ1) is 33.9. The predicted octanol–water partition coefficient (Wildman–Crippen LogP) is 10.6. The fraction of sp³-hybridized carbons (Fsp3) is 0.455. The number of benzene rings is 4. The lowest BCUT2D eigenvalue weighted by atomic mass is 9.94. The Kier molecular flexibility index (Phi) is 20.7. The second-order valence-electron chi connectivity index (χ2n) is 20.6. The molecule has 0 saturated carbocycles. The van der Waals surface area contributed by atoms with E-state index < -0.39 is 28.8 Å². The van der Waals surface area contributed by atoms with Gasteiger partial charge in [-0.2, -0.15) is 0 Å². The van der Waals surface area contributed by atoms with Gasteiger partial charge in [-0.3, -0.25) is 14.4 Å². The largest absolute Gasteiger partial charge is 0.507 e. The molecule has 0 amide bonds. The highest BCUT2D eigenvalue weighted by atomic mass is 31.2. The maximum atomic E-state index is 12.8. The summed E-state index contributed by atoms with van der Waals surface area (Å²) >= 11 is 0. The Labute approximate surface area is 427 Å². The van der Waals surface area contributed by atoms with E-state index in [4.69, 9.17) is 23.7 Å². The number of esters is 2. The van der Waals surface area contributed by atoms with E-state index in [1.807, 2.05) is 81.5 Å². The number of hydrogen-bond acceptors (Lipinski definition) is 12. The highest BCUT2D eigenvalue weighted by Gasteiger charge is 2.34. The van der Waals surface area contributed by atoms with Gasteiger partial charge in [0.05, 0.1) is 34.1 Å². The first kappa shape index (κ1) is 57.9. The highest BCUT2D eigenvalue weighted by molar-refractivity contribution is 7.62. The number of hydrogen-bond donors (Lipinski definition) is 3. The van der Waals surface area contributed by atoms with Crippen LogP contribution < -0.4 is 14.2 Å². The molecule has 2 aliphatic rings. The van der Waals surface area contributed by atoms with Crippen molar-refractivity contribution in [2.75, 3.05) is 72.7 Å². The number of allylic oxidation sites excluding steroid dienone is 2. The van der Waals surface area contributed by atoms with Crippen LogP contribution in [0.2, 0.25) is 25.7 Å². The van der Waals surface area contributed by atoms with Crippen molar-refractivity contribution in [3.8, 4) is 23.0 Å². The number of nitrogens with zero attached hydrogens (tertiary/aromatic N) is 2. The number of phenols is 1. The predicted molar refractivity (Wildman–Crippen MR) is 289 cm³/mol. The average molecular weight is 1050 g/mol. The van der Waals surface area contributed by atoms with E-state index in [1.165, 1.54) is 18.2 Å². The molecule has 0 bridgehead atoms. The minimum atomic E-state index is -4.12. The summed E-state index contributed by atoms with van der Waals surface area (Å²) in [6, 6.07) is 21.1. The summed E-state index contributed by atoms with van der Waals surface area (Å²) in [4.78, 5) is 47.8. The number of phenolic OH excluding ortho intramolecular Hbond substituents is 1. The molecule has 17 heteroatoms. The van der Waals surface area contributed by atoms with Crippen molar-refractivity contribution < 1.29 is 57.3 Å². The van der Waals surface area contributed by atoms with Crippen LogP contribution in [0.1, 0.15) is 79.1 Å². The molecule has 14 nitrogen and oxygen atoms in total. The number of ether oxygens (including phenoxy) is 5. The number of methoxy groups -OCH3 is 2. The molecule has 4 aromatic rings. The minimum absolute atomic E-state index is 0.118. The summed E-state index contributed by atoms with van der Waals surface area (Å²) in [5.74, 6) is 0.910. The lowest BCUT2D eigenvalue weighted by Crippen LogP contribution is -2.28. The molecular formula is C55H76N2O12P2Si. The molecule has 0 spiro atoms. The second kappa shape index (κ2) is 25.8. The van der Waals surface area contributed by atoms with Crippen molar-refractivity contribution in [3.63, 3.8) is 0 Å². The van der Waals surface area contributed by atoms with Gasteiger partial charge in [-0.1, -0.05) is 104 Å². The molecule has 2 heterocycles. The molecule has 0 saturated heterocycles. The van der Waals surface area contributed by atoms with Crippen LogP contribution in [-0.4, -0.2) is 117 Å². The van der Waals surface area contributed by atoms with Crippen LogP contribution >= 0.6 is 14.7 Å². The van der Waals surface area contributed by atoms with E-state index in [0.717, 1.165) is 64.8 Å². The van der Waals surface area contributed by atoms with Crippen LogP contribution in [0.25, 0.3) is 0 Å². The number of carbonyl (C=O) groups excluding carboxylic acids is 2. The van der Waals surface area contributed by atoms with Crippen LogP contribution in [0.5, 0.6) is 23.0 Å². The normalized spacial score (nSPS) is 13.9. The van der Waals surface area contributed by atoms with Crippen LogP contribution in [0.15, 0.2) is 84.0 Å². The Morgan fingerprint density at radius 3 is 1.60 bits per heavy atom. The third kappa shape index (κ3) is 16.8. The van der Waals surface area contributed by atoms with Crippen molar-refractivity contribution in [2.45, 2.75) is 92.5 Å². The molecule has 3 N–H and O–H groups in total. The SMILES string of the molecule is COc1c(C)c2c(c(O)c1C/C=C(\C)CN(CCP(=O)(O)O)Cc1ccccc1)C(=O)OC2.COc1c(C)c2c(c(OCC[Si](C)(C)C)c1C/C=C(\C)CN(CCP(C)(C)=O)Cc1ccccc1)C(=O)OC2. The second-order valence-corrected chi connectivity index (χ2v) is 31.6. The van der Waals surface area contributed by atoms with Crippen LogP contribution in [0.4, 0.5) is 0 Å². The van der Waals surface area contributed by atoms with E-state index in [2.05, 4.69) is 61.8 Å². The average Bonchev–Trinajstić information content (AvgIpc) is 3.90. The first-order valence-corrected chi connectivity index (χ1v) is 32.7. The molecule has 0 atom stereocenters. The zero-order chi connectivity index (χ0) is 53.0. The third-order valence-electron chi connectivity index (χ3n) is 12.8. The summed E-state index contributed by atoms with van der Waals surface area (Å²) in [5.41, 5.74) is 9.80. The van der Waals surface area contributed by atoms with Gasteiger partial charge in [0.2, 0.25) is 0 Å². The molecule has 0 aromatic heterocycles. The number of aromatic hydroxyl groups is 1. The molecule has 4 aromatic carbocycles. The Morgan fingerprint density at radius 2 is 1.14 bits per heavy atom. The Bertz CT molecular complexity index is 2690. The molecule has 2 aliphatic heterocycles. The summed E-state index contributed by atoms with van der Waals surface area (Å²) in [5, 5.41) is 10.8. The van der Waals surface area contributed by atoms with E-state index in [9.17, 15) is 33.6 Å². The van der Waals surface area contributed by atoms with Gasteiger partial charge in [0.25, 0.3) is 0 Å². The zero-order valence-corrected chi connectivity index (χ0v) is 46.9. The van der Waals surface area contributed by atoms with Gasteiger partial charge in [-0.05, 0) is 82.2 Å². The van der Waals surface area contributed by atoms with Crippen molar-refractivity contribution in [1.82, 2.24) is 9.80 Å². The van der Waals surface area contributed by atoms with Crippen LogP contribution in [0.3, 0.4) is 0 Å². The maximum Gasteiger partial charge on any atom is 0.342 e. The van der Waals surface area contributed by atoms with Crippen LogP contribution in [0, 0.1) is 13.8 Å². The molecule has 6 rings (SSSR count). The third-order valence-corrected chi connectivity index (χ3v) is 16.6. The number of rotatable bonds is 24. The van der Waals surface area contributed by atoms with Crippen molar-refractivity contribution in [2.24, 2.45) is 0 Å². The Balaban J connectivity index is 0.000000271. The van der Waals surface area contributed by atoms with Crippen molar-refractivity contribution in [3.05, 3.63) is 140 Å². The molecule has 72 heavy (non-hydrogen) atoms. The van der Waals surface area contributed by atoms with E-state index in [1.54, 1.807) is 7.11 Å². The summed E-state index contributed by atoms with van der Waals surface area (Å²) in [6.07, 6.45) is 5.50. The molecule has 0 aliphatic carbocycles. The fourth-order valence-electron chi connectivity index (χ4n) is 8.81. The van der Waals surface area contributed by atoms with Crippen molar-refractivity contribution >= 4 is 34.8 Å². The lowest BCUT2D eigenvalue weighted by molar-refractivity contribution is 0.0523. The van der Waals surface area contributed by atoms with Gasteiger partial charge in [0, 0.05) is 75.8 Å².